The molecule has 30 heavy (non-hydrogen) atoms. The van der Waals surface area contributed by atoms with Crippen molar-refractivity contribution in [3.63, 3.8) is 0 Å². The third-order valence-electron chi connectivity index (χ3n) is 4.77. The fourth-order valence-electron chi connectivity index (χ4n) is 3.33. The van der Waals surface area contributed by atoms with Crippen molar-refractivity contribution in [1.29, 1.82) is 0 Å². The number of hydrogen-bond acceptors (Lipinski definition) is 3. The minimum absolute atomic E-state index is 0.238. The summed E-state index contributed by atoms with van der Waals surface area (Å²) in [6.45, 7) is 0.587. The van der Waals surface area contributed by atoms with Gasteiger partial charge in [0.1, 0.15) is 11.6 Å². The molecule has 0 bridgehead atoms. The summed E-state index contributed by atoms with van der Waals surface area (Å²) < 4.78 is 20.7. The molecule has 0 radical (unpaired) electrons. The first-order valence-corrected chi connectivity index (χ1v) is 9.44. The number of hydrazone groups is 1. The van der Waals surface area contributed by atoms with E-state index in [1.807, 2.05) is 36.5 Å². The first-order chi connectivity index (χ1) is 14.6. The van der Waals surface area contributed by atoms with Gasteiger partial charge in [-0.3, -0.25) is 4.79 Å². The standard InChI is InChI=1S/C24H20FN3O2/c1-30-23-8-3-2-7-21(23)24(29)27-26-15-17-9-10-22-19(13-17)11-12-28(22)16-18-5-4-6-20(25)14-18/h2-15H,16H2,1H3,(H,27,29)/b26-15+. The molecule has 4 rings (SSSR count). The zero-order valence-corrected chi connectivity index (χ0v) is 16.4. The minimum atomic E-state index is -0.342. The maximum atomic E-state index is 13.4. The molecule has 0 aliphatic heterocycles. The highest BCUT2D eigenvalue weighted by Gasteiger charge is 2.10. The van der Waals surface area contributed by atoms with Gasteiger partial charge in [-0.15, -0.1) is 0 Å². The van der Waals surface area contributed by atoms with Crippen LogP contribution in [0.15, 0.2) is 84.1 Å². The molecular formula is C24H20FN3O2. The number of rotatable bonds is 6. The number of nitrogens with zero attached hydrogens (tertiary/aromatic N) is 2. The van der Waals surface area contributed by atoms with Crippen molar-refractivity contribution in [3.8, 4) is 5.75 Å². The Morgan fingerprint density at radius 2 is 1.97 bits per heavy atom. The number of hydrogen-bond donors (Lipinski definition) is 1. The van der Waals surface area contributed by atoms with Crippen LogP contribution in [0.25, 0.3) is 10.9 Å². The van der Waals surface area contributed by atoms with Gasteiger partial charge in [0, 0.05) is 23.6 Å². The van der Waals surface area contributed by atoms with Crippen LogP contribution in [0.1, 0.15) is 21.5 Å². The number of halogens is 1. The molecule has 5 nitrogen and oxygen atoms in total. The van der Waals surface area contributed by atoms with E-state index in [2.05, 4.69) is 15.1 Å². The summed E-state index contributed by atoms with van der Waals surface area (Å²) in [5, 5.41) is 5.09. The minimum Gasteiger partial charge on any atom is -0.496 e. The van der Waals surface area contributed by atoms with Gasteiger partial charge in [0.15, 0.2) is 0 Å². The second-order valence-corrected chi connectivity index (χ2v) is 6.79. The normalized spacial score (nSPS) is 11.1. The average Bonchev–Trinajstić information content (AvgIpc) is 3.15. The highest BCUT2D eigenvalue weighted by molar-refractivity contribution is 5.97. The third kappa shape index (κ3) is 4.22. The van der Waals surface area contributed by atoms with Crippen molar-refractivity contribution in [2.24, 2.45) is 5.10 Å². The zero-order valence-electron chi connectivity index (χ0n) is 16.4. The monoisotopic (exact) mass is 401 g/mol. The number of ether oxygens (including phenoxy) is 1. The summed E-state index contributed by atoms with van der Waals surface area (Å²) >= 11 is 0. The van der Waals surface area contributed by atoms with E-state index in [4.69, 9.17) is 4.74 Å². The van der Waals surface area contributed by atoms with Crippen molar-refractivity contribution in [1.82, 2.24) is 9.99 Å². The number of nitrogens with one attached hydrogen (secondary N) is 1. The predicted octanol–water partition coefficient (Wildman–Crippen LogP) is 4.60. The summed E-state index contributed by atoms with van der Waals surface area (Å²) in [7, 11) is 1.52. The Balaban J connectivity index is 1.47. The van der Waals surface area contributed by atoms with Crippen LogP contribution in [-0.4, -0.2) is 23.8 Å². The molecule has 3 aromatic carbocycles. The highest BCUT2D eigenvalue weighted by atomic mass is 19.1. The smallest absolute Gasteiger partial charge is 0.275 e. The van der Waals surface area contributed by atoms with E-state index in [1.54, 1.807) is 36.5 Å². The van der Waals surface area contributed by atoms with Crippen LogP contribution in [0, 0.1) is 5.82 Å². The number of carbonyl (C=O) groups is 1. The second-order valence-electron chi connectivity index (χ2n) is 6.79. The van der Waals surface area contributed by atoms with Crippen LogP contribution in [0.3, 0.4) is 0 Å². The van der Waals surface area contributed by atoms with E-state index >= 15 is 0 Å². The number of amides is 1. The molecule has 0 aliphatic carbocycles. The van der Waals surface area contributed by atoms with Gasteiger partial charge in [-0.1, -0.05) is 30.3 Å². The van der Waals surface area contributed by atoms with E-state index in [0.29, 0.717) is 17.9 Å². The number of methoxy groups -OCH3 is 1. The van der Waals surface area contributed by atoms with Crippen LogP contribution in [0.5, 0.6) is 5.75 Å². The van der Waals surface area contributed by atoms with E-state index in [1.165, 1.54) is 19.2 Å². The molecule has 1 amide bonds. The summed E-state index contributed by atoms with van der Waals surface area (Å²) in [5.74, 6) is -0.0880. The van der Waals surface area contributed by atoms with Gasteiger partial charge in [0.25, 0.3) is 5.91 Å². The Labute approximate surface area is 173 Å². The predicted molar refractivity (Wildman–Crippen MR) is 115 cm³/mol. The van der Waals surface area contributed by atoms with Crippen molar-refractivity contribution in [3.05, 3.63) is 102 Å². The molecule has 6 heteroatoms. The van der Waals surface area contributed by atoms with E-state index < -0.39 is 0 Å². The molecule has 0 aliphatic rings. The van der Waals surface area contributed by atoms with E-state index in [0.717, 1.165) is 22.0 Å². The van der Waals surface area contributed by atoms with Crippen molar-refractivity contribution in [2.45, 2.75) is 6.54 Å². The third-order valence-corrected chi connectivity index (χ3v) is 4.77. The molecule has 1 heterocycles. The second kappa shape index (κ2) is 8.61. The zero-order chi connectivity index (χ0) is 20.9. The molecule has 0 saturated carbocycles. The van der Waals surface area contributed by atoms with Crippen molar-refractivity contribution >= 4 is 23.0 Å². The van der Waals surface area contributed by atoms with Crippen molar-refractivity contribution < 1.29 is 13.9 Å². The summed E-state index contributed by atoms with van der Waals surface area (Å²) in [6.07, 6.45) is 3.57. The maximum Gasteiger partial charge on any atom is 0.275 e. The molecule has 0 spiro atoms. The van der Waals surface area contributed by atoms with Gasteiger partial charge >= 0.3 is 0 Å². The summed E-state index contributed by atoms with van der Waals surface area (Å²) in [6, 6.07) is 21.4. The van der Waals surface area contributed by atoms with Gasteiger partial charge in [-0.05, 0) is 53.6 Å². The van der Waals surface area contributed by atoms with Crippen LogP contribution in [-0.2, 0) is 6.54 Å². The molecule has 0 atom stereocenters. The molecule has 1 N–H and O–H groups in total. The molecular weight excluding hydrogens is 381 g/mol. The number of para-hydroxylation sites is 1. The lowest BCUT2D eigenvalue weighted by Crippen LogP contribution is -2.18. The lowest BCUT2D eigenvalue weighted by molar-refractivity contribution is 0.0952. The quantitative estimate of drug-likeness (QED) is 0.379. The molecule has 0 unspecified atom stereocenters. The Morgan fingerprint density at radius 3 is 2.80 bits per heavy atom. The lowest BCUT2D eigenvalue weighted by atomic mass is 10.1. The Kier molecular flexibility index (Phi) is 5.57. The SMILES string of the molecule is COc1ccccc1C(=O)N/N=C/c1ccc2c(ccn2Cc2cccc(F)c2)c1. The average molecular weight is 401 g/mol. The number of benzene rings is 3. The van der Waals surface area contributed by atoms with Gasteiger partial charge in [0.2, 0.25) is 0 Å². The molecule has 0 fully saturated rings. The van der Waals surface area contributed by atoms with Crippen molar-refractivity contribution in [2.75, 3.05) is 7.11 Å². The van der Waals surface area contributed by atoms with Crippen LogP contribution < -0.4 is 10.2 Å². The van der Waals surface area contributed by atoms with E-state index in [-0.39, 0.29) is 11.7 Å². The fourth-order valence-corrected chi connectivity index (χ4v) is 3.33. The largest absolute Gasteiger partial charge is 0.496 e. The van der Waals surface area contributed by atoms with Gasteiger partial charge in [-0.2, -0.15) is 5.10 Å². The Morgan fingerprint density at radius 1 is 1.10 bits per heavy atom. The van der Waals surface area contributed by atoms with Gasteiger partial charge < -0.3 is 9.30 Å². The molecule has 4 aromatic rings. The topological polar surface area (TPSA) is 55.6 Å². The highest BCUT2D eigenvalue weighted by Crippen LogP contribution is 2.19. The summed E-state index contributed by atoms with van der Waals surface area (Å²) in [5.41, 5.74) is 5.73. The first-order valence-electron chi connectivity index (χ1n) is 9.44. The Hall–Kier alpha value is -3.93. The molecule has 0 saturated heterocycles. The van der Waals surface area contributed by atoms with Gasteiger partial charge in [0.05, 0.1) is 18.9 Å². The van der Waals surface area contributed by atoms with Crippen LogP contribution in [0.2, 0.25) is 0 Å². The van der Waals surface area contributed by atoms with Gasteiger partial charge in [-0.25, -0.2) is 9.82 Å². The lowest BCUT2D eigenvalue weighted by Gasteiger charge is -2.07. The van der Waals surface area contributed by atoms with Crippen LogP contribution >= 0.6 is 0 Å². The maximum absolute atomic E-state index is 13.4. The van der Waals surface area contributed by atoms with Crippen LogP contribution in [0.4, 0.5) is 4.39 Å². The van der Waals surface area contributed by atoms with E-state index in [9.17, 15) is 9.18 Å². The number of aromatic nitrogens is 1. The Bertz CT molecular complexity index is 1230. The first kappa shape index (κ1) is 19.4. The number of fused-ring (bicyclic) bond motifs is 1. The number of carbonyl (C=O) groups excluding carboxylic acids is 1. The molecule has 150 valence electrons. The molecule has 1 aromatic heterocycles. The fraction of sp³-hybridized carbons (Fsp3) is 0.0833. The summed E-state index contributed by atoms with van der Waals surface area (Å²) in [4.78, 5) is 12.3.